The number of carboxylic acid groups (broad SMARTS) is 1. The largest absolute Gasteiger partial charge is 0.481 e. The highest BCUT2D eigenvalue weighted by molar-refractivity contribution is 5.85. The predicted octanol–water partition coefficient (Wildman–Crippen LogP) is 0.949. The highest BCUT2D eigenvalue weighted by Gasteiger charge is 2.19. The van der Waals surface area contributed by atoms with Crippen molar-refractivity contribution in [2.24, 2.45) is 11.8 Å². The van der Waals surface area contributed by atoms with Gasteiger partial charge < -0.3 is 9.84 Å². The van der Waals surface area contributed by atoms with Crippen LogP contribution in [-0.2, 0) is 14.3 Å². The summed E-state index contributed by atoms with van der Waals surface area (Å²) in [6, 6.07) is 0. The van der Waals surface area contributed by atoms with Crippen molar-refractivity contribution in [2.45, 2.75) is 20.3 Å². The van der Waals surface area contributed by atoms with Crippen LogP contribution in [-0.4, -0.2) is 30.6 Å². The molecule has 0 saturated heterocycles. The van der Waals surface area contributed by atoms with Crippen molar-refractivity contribution in [3.63, 3.8) is 0 Å². The van der Waals surface area contributed by atoms with Gasteiger partial charge in [-0.2, -0.15) is 0 Å². The van der Waals surface area contributed by atoms with Crippen LogP contribution in [0.25, 0.3) is 0 Å². The van der Waals surface area contributed by atoms with E-state index in [2.05, 4.69) is 0 Å². The fraction of sp³-hybridized carbons (Fsp3) is 0.778. The highest BCUT2D eigenvalue weighted by atomic mass is 16.5. The van der Waals surface area contributed by atoms with E-state index in [9.17, 15) is 9.59 Å². The summed E-state index contributed by atoms with van der Waals surface area (Å²) in [5, 5.41) is 8.56. The van der Waals surface area contributed by atoms with Gasteiger partial charge in [0.2, 0.25) is 0 Å². The number of methoxy groups -OCH3 is 1. The normalized spacial score (nSPS) is 15.0. The van der Waals surface area contributed by atoms with Gasteiger partial charge in [0.25, 0.3) is 0 Å². The van der Waals surface area contributed by atoms with Gasteiger partial charge in [0, 0.05) is 19.4 Å². The van der Waals surface area contributed by atoms with E-state index >= 15 is 0 Å². The lowest BCUT2D eigenvalue weighted by Crippen LogP contribution is -2.21. The molecule has 0 amide bonds. The first-order chi connectivity index (χ1) is 5.99. The maximum atomic E-state index is 11.3. The zero-order valence-electron chi connectivity index (χ0n) is 8.24. The van der Waals surface area contributed by atoms with Gasteiger partial charge in [0.15, 0.2) is 0 Å². The molecule has 0 aromatic carbocycles. The molecule has 0 heterocycles. The van der Waals surface area contributed by atoms with E-state index in [4.69, 9.17) is 9.84 Å². The van der Waals surface area contributed by atoms with Crippen LogP contribution < -0.4 is 0 Å². The van der Waals surface area contributed by atoms with Crippen molar-refractivity contribution >= 4 is 11.8 Å². The molecule has 76 valence electrons. The van der Waals surface area contributed by atoms with E-state index in [-0.39, 0.29) is 18.1 Å². The summed E-state index contributed by atoms with van der Waals surface area (Å²) in [4.78, 5) is 21.7. The number of carbonyl (C=O) groups is 2. The van der Waals surface area contributed by atoms with E-state index in [1.165, 1.54) is 14.0 Å². The molecule has 0 spiro atoms. The molecule has 0 aromatic heterocycles. The molecule has 2 atom stereocenters. The first kappa shape index (κ1) is 12.1. The summed E-state index contributed by atoms with van der Waals surface area (Å²) in [5.41, 5.74) is 0. The number of carboxylic acids is 1. The maximum absolute atomic E-state index is 11.3. The van der Waals surface area contributed by atoms with Crippen LogP contribution >= 0.6 is 0 Å². The second kappa shape index (κ2) is 5.70. The average Bonchev–Trinajstić information content (AvgIpc) is 2.04. The summed E-state index contributed by atoms with van der Waals surface area (Å²) in [6.45, 7) is 3.62. The van der Waals surface area contributed by atoms with Crippen molar-refractivity contribution in [3.8, 4) is 0 Å². The highest BCUT2D eigenvalue weighted by Crippen LogP contribution is 2.08. The first-order valence-electron chi connectivity index (χ1n) is 4.23. The Labute approximate surface area is 77.9 Å². The molecule has 0 rings (SSSR count). The molecular formula is C9H16O4. The average molecular weight is 188 g/mol. The molecule has 2 unspecified atom stereocenters. The fourth-order valence-electron chi connectivity index (χ4n) is 0.933. The Morgan fingerprint density at radius 1 is 1.31 bits per heavy atom. The van der Waals surface area contributed by atoms with Gasteiger partial charge in [-0.15, -0.1) is 0 Å². The molecule has 0 saturated carbocycles. The van der Waals surface area contributed by atoms with Gasteiger partial charge >= 0.3 is 5.97 Å². The number of hydrogen-bond acceptors (Lipinski definition) is 3. The molecule has 0 bridgehead atoms. The summed E-state index contributed by atoms with van der Waals surface area (Å²) in [5.74, 6) is -1.81. The Hall–Kier alpha value is -0.900. The SMILES string of the molecule is COCC(C)C(=O)CC(C)C(=O)O. The molecular weight excluding hydrogens is 172 g/mol. The van der Waals surface area contributed by atoms with E-state index in [1.54, 1.807) is 6.92 Å². The maximum Gasteiger partial charge on any atom is 0.306 e. The molecule has 0 fully saturated rings. The third kappa shape index (κ3) is 4.62. The molecule has 0 aliphatic rings. The van der Waals surface area contributed by atoms with Gasteiger partial charge in [0.1, 0.15) is 5.78 Å². The molecule has 13 heavy (non-hydrogen) atoms. The number of hydrogen-bond donors (Lipinski definition) is 1. The molecule has 1 N–H and O–H groups in total. The lowest BCUT2D eigenvalue weighted by atomic mass is 9.97. The zero-order valence-corrected chi connectivity index (χ0v) is 8.24. The minimum absolute atomic E-state index is 0.0586. The van der Waals surface area contributed by atoms with Crippen LogP contribution in [0.15, 0.2) is 0 Å². The molecule has 0 aliphatic heterocycles. The number of carbonyl (C=O) groups excluding carboxylic acids is 1. The Morgan fingerprint density at radius 2 is 1.85 bits per heavy atom. The topological polar surface area (TPSA) is 63.6 Å². The standard InChI is InChI=1S/C9H16O4/c1-6(9(11)12)4-8(10)7(2)5-13-3/h6-7H,4-5H2,1-3H3,(H,11,12). The smallest absolute Gasteiger partial charge is 0.306 e. The quantitative estimate of drug-likeness (QED) is 0.674. The zero-order chi connectivity index (χ0) is 10.4. The number of ketones is 1. The van der Waals surface area contributed by atoms with Gasteiger partial charge in [-0.25, -0.2) is 0 Å². The van der Waals surface area contributed by atoms with Crippen molar-refractivity contribution < 1.29 is 19.4 Å². The molecule has 4 heteroatoms. The number of ether oxygens (including phenoxy) is 1. The number of rotatable bonds is 6. The van der Waals surface area contributed by atoms with Crippen LogP contribution in [0.5, 0.6) is 0 Å². The molecule has 0 aromatic rings. The lowest BCUT2D eigenvalue weighted by molar-refractivity contribution is -0.143. The minimum atomic E-state index is -0.932. The van der Waals surface area contributed by atoms with Gasteiger partial charge in [0.05, 0.1) is 12.5 Å². The Kier molecular flexibility index (Phi) is 5.30. The van der Waals surface area contributed by atoms with Gasteiger partial charge in [-0.3, -0.25) is 9.59 Å². The fourth-order valence-corrected chi connectivity index (χ4v) is 0.933. The second-order valence-electron chi connectivity index (χ2n) is 3.27. The van der Waals surface area contributed by atoms with Crippen LogP contribution in [0, 0.1) is 11.8 Å². The summed E-state index contributed by atoms with van der Waals surface area (Å²) in [6.07, 6.45) is 0.0832. The summed E-state index contributed by atoms with van der Waals surface area (Å²) in [7, 11) is 1.52. The monoisotopic (exact) mass is 188 g/mol. The van der Waals surface area contributed by atoms with Crippen molar-refractivity contribution in [1.82, 2.24) is 0 Å². The van der Waals surface area contributed by atoms with E-state index in [1.807, 2.05) is 0 Å². The first-order valence-corrected chi connectivity index (χ1v) is 4.23. The second-order valence-corrected chi connectivity index (χ2v) is 3.27. The van der Waals surface area contributed by atoms with Gasteiger partial charge in [-0.1, -0.05) is 13.8 Å². The van der Waals surface area contributed by atoms with Crippen molar-refractivity contribution in [2.75, 3.05) is 13.7 Å². The Bertz CT molecular complexity index is 188. The number of aliphatic carboxylic acids is 1. The molecule has 4 nitrogen and oxygen atoms in total. The summed E-state index contributed by atoms with van der Waals surface area (Å²) < 4.78 is 4.80. The lowest BCUT2D eigenvalue weighted by Gasteiger charge is -2.10. The predicted molar refractivity (Wildman–Crippen MR) is 47.5 cm³/mol. The molecule has 0 aliphatic carbocycles. The summed E-state index contributed by atoms with van der Waals surface area (Å²) >= 11 is 0. The van der Waals surface area contributed by atoms with Crippen molar-refractivity contribution in [3.05, 3.63) is 0 Å². The Balaban J connectivity index is 3.92. The third-order valence-electron chi connectivity index (χ3n) is 1.90. The minimum Gasteiger partial charge on any atom is -0.481 e. The van der Waals surface area contributed by atoms with E-state index < -0.39 is 11.9 Å². The number of Topliss-reactive ketones (excluding diaryl/α,β-unsaturated/α-hetero) is 1. The van der Waals surface area contributed by atoms with E-state index in [0.29, 0.717) is 6.61 Å². The van der Waals surface area contributed by atoms with Crippen molar-refractivity contribution in [1.29, 1.82) is 0 Å². The Morgan fingerprint density at radius 3 is 2.23 bits per heavy atom. The van der Waals surface area contributed by atoms with E-state index in [0.717, 1.165) is 0 Å². The van der Waals surface area contributed by atoms with Gasteiger partial charge in [-0.05, 0) is 0 Å². The van der Waals surface area contributed by atoms with Crippen LogP contribution in [0.1, 0.15) is 20.3 Å². The van der Waals surface area contributed by atoms with Crippen LogP contribution in [0.3, 0.4) is 0 Å². The van der Waals surface area contributed by atoms with Crippen LogP contribution in [0.2, 0.25) is 0 Å². The van der Waals surface area contributed by atoms with Crippen LogP contribution in [0.4, 0.5) is 0 Å². The third-order valence-corrected chi connectivity index (χ3v) is 1.90. The molecule has 0 radical (unpaired) electrons.